The summed E-state index contributed by atoms with van der Waals surface area (Å²) in [5.74, 6) is 0. The Balaban J connectivity index is -0.0000000720. The largest absolute Gasteiger partial charge is 6.00 e. The van der Waals surface area contributed by atoms with Gasteiger partial charge in [-0.3, -0.25) is 9.97 Å². The number of nitrogens with zero attached hydrogens (tertiary/aromatic N) is 2. The van der Waals surface area contributed by atoms with Crippen LogP contribution in [0, 0.1) is 0 Å². The van der Waals surface area contributed by atoms with Gasteiger partial charge in [-0.2, -0.15) is 0 Å². The fourth-order valence-corrected chi connectivity index (χ4v) is 0.625. The summed E-state index contributed by atoms with van der Waals surface area (Å²) in [6, 6.07) is 11.4. The van der Waals surface area contributed by atoms with Crippen molar-refractivity contribution < 1.29 is 33.8 Å². The minimum absolute atomic E-state index is 0. The molecule has 0 amide bonds. The minimum Gasteiger partial charge on any atom is -2.00 e. The van der Waals surface area contributed by atoms with Crippen LogP contribution in [0.15, 0.2) is 61.2 Å². The van der Waals surface area contributed by atoms with Crippen LogP contribution in [0.2, 0.25) is 0 Å². The first-order valence-corrected chi connectivity index (χ1v) is 3.70. The summed E-state index contributed by atoms with van der Waals surface area (Å²) in [6.45, 7) is 0. The third-order valence-electron chi connectivity index (χ3n) is 1.13. The van der Waals surface area contributed by atoms with Gasteiger partial charge in [0.15, 0.2) is 0 Å². The molecule has 5 nitrogen and oxygen atoms in total. The smallest absolute Gasteiger partial charge is 2.00 e. The van der Waals surface area contributed by atoms with Crippen LogP contribution in [0.4, 0.5) is 0 Å². The Labute approximate surface area is 105 Å². The number of pyridine rings is 2. The Morgan fingerprint density at radius 1 is 0.438 bits per heavy atom. The van der Waals surface area contributed by atoms with Gasteiger partial charge in [-0.15, -0.1) is 0 Å². The van der Waals surface area contributed by atoms with Crippen molar-refractivity contribution in [3.8, 4) is 0 Å². The number of aromatic nitrogens is 2. The molecule has 84 valence electrons. The van der Waals surface area contributed by atoms with Gasteiger partial charge in [0.05, 0.1) is 0 Å². The fraction of sp³-hybridized carbons (Fsp3) is 0. The summed E-state index contributed by atoms with van der Waals surface area (Å²) in [5, 5.41) is 0. The maximum absolute atomic E-state index is 3.78. The van der Waals surface area contributed by atoms with Gasteiger partial charge in [-0.25, -0.2) is 0 Å². The average Bonchev–Trinajstić information content (AvgIpc) is 2.24. The molecule has 0 radical (unpaired) electrons. The van der Waals surface area contributed by atoms with E-state index in [4.69, 9.17) is 0 Å². The first-order valence-electron chi connectivity index (χ1n) is 3.70. The van der Waals surface area contributed by atoms with E-state index < -0.39 is 0 Å². The quantitative estimate of drug-likeness (QED) is 0.717. The molecule has 0 spiro atoms. The van der Waals surface area contributed by atoms with E-state index in [2.05, 4.69) is 9.97 Å². The van der Waals surface area contributed by atoms with Crippen LogP contribution >= 0.6 is 0 Å². The molecule has 2 aromatic heterocycles. The standard InChI is InChI=1S/2C5H5N.Cr.3O/c2*1-2-4-6-5-3-1;;;;/h2*1-5H;;;;/q;;+6;3*-2. The second-order valence-electron chi connectivity index (χ2n) is 2.05. The van der Waals surface area contributed by atoms with Gasteiger partial charge in [-0.05, 0) is 24.3 Å². The number of hydrogen-bond acceptors (Lipinski definition) is 2. The van der Waals surface area contributed by atoms with Crippen molar-refractivity contribution in [2.75, 3.05) is 0 Å². The third kappa shape index (κ3) is 15.2. The van der Waals surface area contributed by atoms with Gasteiger partial charge >= 0.3 is 17.4 Å². The molecule has 0 fully saturated rings. The van der Waals surface area contributed by atoms with E-state index in [-0.39, 0.29) is 33.8 Å². The number of rotatable bonds is 0. The van der Waals surface area contributed by atoms with Crippen molar-refractivity contribution >= 4 is 0 Å². The van der Waals surface area contributed by atoms with Crippen LogP contribution in [0.1, 0.15) is 0 Å². The first kappa shape index (κ1) is 24.1. The van der Waals surface area contributed by atoms with Gasteiger partial charge in [0, 0.05) is 24.8 Å². The maximum atomic E-state index is 3.78. The molecule has 0 aliphatic heterocycles. The third-order valence-corrected chi connectivity index (χ3v) is 1.13. The summed E-state index contributed by atoms with van der Waals surface area (Å²) in [5.41, 5.74) is 0. The van der Waals surface area contributed by atoms with E-state index >= 15 is 0 Å². The molecule has 2 rings (SSSR count). The van der Waals surface area contributed by atoms with Crippen LogP contribution in [0.3, 0.4) is 0 Å². The van der Waals surface area contributed by atoms with Crippen LogP contribution in [-0.4, -0.2) is 9.97 Å². The van der Waals surface area contributed by atoms with E-state index in [1.165, 1.54) is 0 Å². The molecular formula is C10H10CrN2O3. The van der Waals surface area contributed by atoms with Crippen LogP contribution < -0.4 is 0 Å². The van der Waals surface area contributed by atoms with Gasteiger partial charge < -0.3 is 16.4 Å². The summed E-state index contributed by atoms with van der Waals surface area (Å²) in [7, 11) is 0. The summed E-state index contributed by atoms with van der Waals surface area (Å²) in [6.07, 6.45) is 7.00. The molecule has 6 heteroatoms. The molecule has 0 saturated heterocycles. The first-order chi connectivity index (χ1) is 6.00. The van der Waals surface area contributed by atoms with E-state index in [0.29, 0.717) is 0 Å². The molecule has 0 N–H and O–H groups in total. The fourth-order valence-electron chi connectivity index (χ4n) is 0.625. The second kappa shape index (κ2) is 19.3. The Morgan fingerprint density at radius 2 is 0.688 bits per heavy atom. The predicted octanol–water partition coefficient (Wildman–Crippen LogP) is 1.80. The van der Waals surface area contributed by atoms with Crippen LogP contribution in [-0.2, 0) is 33.8 Å². The Morgan fingerprint density at radius 3 is 0.750 bits per heavy atom. The summed E-state index contributed by atoms with van der Waals surface area (Å²) < 4.78 is 0. The van der Waals surface area contributed by atoms with Gasteiger partial charge in [-0.1, -0.05) is 12.1 Å². The SMILES string of the molecule is [Cr+6].[O-2].[O-2].[O-2].c1ccncc1.c1ccncc1. The van der Waals surface area contributed by atoms with Crippen LogP contribution in [0.5, 0.6) is 0 Å². The zero-order valence-corrected chi connectivity index (χ0v) is 9.58. The minimum atomic E-state index is 0. The van der Waals surface area contributed by atoms with Crippen molar-refractivity contribution in [2.24, 2.45) is 0 Å². The molecular weight excluding hydrogens is 248 g/mol. The van der Waals surface area contributed by atoms with Gasteiger partial charge in [0.1, 0.15) is 0 Å². The number of hydrogen-bond donors (Lipinski definition) is 0. The second-order valence-corrected chi connectivity index (χ2v) is 2.05. The molecule has 0 aliphatic carbocycles. The molecule has 2 aromatic rings. The van der Waals surface area contributed by atoms with E-state index in [9.17, 15) is 0 Å². The summed E-state index contributed by atoms with van der Waals surface area (Å²) >= 11 is 0. The molecule has 0 aliphatic rings. The molecule has 0 aromatic carbocycles. The Hall–Kier alpha value is -1.29. The van der Waals surface area contributed by atoms with E-state index in [0.717, 1.165) is 0 Å². The molecule has 0 saturated carbocycles. The van der Waals surface area contributed by atoms with Crippen molar-refractivity contribution in [3.63, 3.8) is 0 Å². The van der Waals surface area contributed by atoms with Gasteiger partial charge in [0.2, 0.25) is 0 Å². The average molecular weight is 258 g/mol. The van der Waals surface area contributed by atoms with Crippen molar-refractivity contribution in [1.29, 1.82) is 0 Å². The monoisotopic (exact) mass is 258 g/mol. The maximum Gasteiger partial charge on any atom is 6.00 e. The van der Waals surface area contributed by atoms with E-state index in [1.54, 1.807) is 24.8 Å². The molecule has 0 atom stereocenters. The molecule has 0 unspecified atom stereocenters. The van der Waals surface area contributed by atoms with Crippen LogP contribution in [0.25, 0.3) is 0 Å². The Kier molecular flexibility index (Phi) is 29.1. The molecule has 16 heavy (non-hydrogen) atoms. The Bertz CT molecular complexity index is 199. The zero-order chi connectivity index (χ0) is 8.49. The predicted molar refractivity (Wildman–Crippen MR) is 50.5 cm³/mol. The van der Waals surface area contributed by atoms with E-state index in [1.807, 2.05) is 36.4 Å². The van der Waals surface area contributed by atoms with Crippen molar-refractivity contribution in [3.05, 3.63) is 61.2 Å². The van der Waals surface area contributed by atoms with Gasteiger partial charge in [0.25, 0.3) is 0 Å². The summed E-state index contributed by atoms with van der Waals surface area (Å²) in [4.78, 5) is 7.57. The normalized spacial score (nSPS) is 6.00. The zero-order valence-electron chi connectivity index (χ0n) is 8.30. The van der Waals surface area contributed by atoms with Crippen molar-refractivity contribution in [1.82, 2.24) is 9.97 Å². The topological polar surface area (TPSA) is 111 Å². The van der Waals surface area contributed by atoms with Crippen molar-refractivity contribution in [2.45, 2.75) is 0 Å². The molecule has 0 bridgehead atoms. The molecule has 2 heterocycles.